The van der Waals surface area contributed by atoms with Crippen molar-refractivity contribution >= 4 is 0 Å². The van der Waals surface area contributed by atoms with Gasteiger partial charge in [0.25, 0.3) is 0 Å². The summed E-state index contributed by atoms with van der Waals surface area (Å²) in [5.41, 5.74) is 2.86. The second-order valence-corrected chi connectivity index (χ2v) is 4.46. The summed E-state index contributed by atoms with van der Waals surface area (Å²) < 4.78 is 15.2. The van der Waals surface area contributed by atoms with E-state index in [-0.39, 0.29) is 11.9 Å². The van der Waals surface area contributed by atoms with E-state index in [4.69, 9.17) is 0 Å². The molecule has 2 aromatic heterocycles. The highest BCUT2D eigenvalue weighted by Gasteiger charge is 2.18. The van der Waals surface area contributed by atoms with Gasteiger partial charge in [0.1, 0.15) is 5.82 Å². The van der Waals surface area contributed by atoms with E-state index in [2.05, 4.69) is 28.4 Å². The number of aromatic nitrogens is 3. The lowest BCUT2D eigenvalue weighted by Crippen LogP contribution is -2.24. The van der Waals surface area contributed by atoms with Gasteiger partial charge in [0.2, 0.25) is 0 Å². The molecule has 0 spiro atoms. The van der Waals surface area contributed by atoms with E-state index in [0.29, 0.717) is 0 Å². The fraction of sp³-hybridized carbons (Fsp3) is 0.429. The molecule has 1 N–H and O–H groups in total. The minimum atomic E-state index is -0.321. The molecule has 0 saturated carbocycles. The van der Waals surface area contributed by atoms with Crippen LogP contribution >= 0.6 is 0 Å². The van der Waals surface area contributed by atoms with Gasteiger partial charge in [-0.25, -0.2) is 4.39 Å². The highest BCUT2D eigenvalue weighted by molar-refractivity contribution is 5.27. The molecule has 2 aromatic rings. The van der Waals surface area contributed by atoms with Crippen LogP contribution in [0.3, 0.4) is 0 Å². The van der Waals surface area contributed by atoms with Gasteiger partial charge in [-0.3, -0.25) is 9.67 Å². The first kappa shape index (κ1) is 13.7. The van der Waals surface area contributed by atoms with Crippen molar-refractivity contribution in [2.45, 2.75) is 26.3 Å². The zero-order chi connectivity index (χ0) is 13.8. The lowest BCUT2D eigenvalue weighted by atomic mass is 10.0. The molecule has 4 nitrogen and oxygen atoms in total. The normalized spacial score (nSPS) is 12.6. The van der Waals surface area contributed by atoms with Crippen LogP contribution in [0.4, 0.5) is 4.39 Å². The third-order valence-electron chi connectivity index (χ3n) is 3.09. The zero-order valence-corrected chi connectivity index (χ0v) is 11.5. The Bertz CT molecular complexity index is 550. The van der Waals surface area contributed by atoms with E-state index in [1.807, 2.05) is 18.7 Å². The lowest BCUT2D eigenvalue weighted by Gasteiger charge is -2.18. The van der Waals surface area contributed by atoms with Crippen LogP contribution in [0.2, 0.25) is 0 Å². The number of rotatable bonds is 5. The Balaban J connectivity index is 2.41. The first-order valence-electron chi connectivity index (χ1n) is 6.52. The van der Waals surface area contributed by atoms with Crippen LogP contribution in [0.1, 0.15) is 36.8 Å². The number of halogens is 1. The van der Waals surface area contributed by atoms with Gasteiger partial charge >= 0.3 is 0 Å². The summed E-state index contributed by atoms with van der Waals surface area (Å²) in [6.07, 6.45) is 3.79. The Hall–Kier alpha value is -1.75. The molecule has 0 fully saturated rings. The van der Waals surface area contributed by atoms with Gasteiger partial charge < -0.3 is 5.32 Å². The predicted octanol–water partition coefficient (Wildman–Crippen LogP) is 2.22. The quantitative estimate of drug-likeness (QED) is 0.898. The highest BCUT2D eigenvalue weighted by Crippen LogP contribution is 2.22. The van der Waals surface area contributed by atoms with E-state index in [9.17, 15) is 4.39 Å². The average Bonchev–Trinajstić information content (AvgIpc) is 2.77. The van der Waals surface area contributed by atoms with Crippen molar-refractivity contribution in [3.8, 4) is 0 Å². The Morgan fingerprint density at radius 1 is 1.32 bits per heavy atom. The lowest BCUT2D eigenvalue weighted by molar-refractivity contribution is 0.560. The highest BCUT2D eigenvalue weighted by atomic mass is 19.1. The van der Waals surface area contributed by atoms with E-state index < -0.39 is 0 Å². The Morgan fingerprint density at radius 3 is 2.68 bits per heavy atom. The zero-order valence-electron chi connectivity index (χ0n) is 11.5. The molecule has 0 aliphatic heterocycles. The van der Waals surface area contributed by atoms with Crippen LogP contribution in [0.15, 0.2) is 24.5 Å². The Morgan fingerprint density at radius 2 is 2.11 bits per heavy atom. The summed E-state index contributed by atoms with van der Waals surface area (Å²) in [5, 5.41) is 7.80. The number of hydrogen-bond acceptors (Lipinski definition) is 3. The molecule has 0 aromatic carbocycles. The summed E-state index contributed by atoms with van der Waals surface area (Å²) in [6.45, 7) is 4.88. The van der Waals surface area contributed by atoms with Crippen molar-refractivity contribution in [3.63, 3.8) is 0 Å². The fourth-order valence-corrected chi connectivity index (χ4v) is 2.17. The Kier molecular flexibility index (Phi) is 4.27. The molecule has 1 unspecified atom stereocenters. The van der Waals surface area contributed by atoms with E-state index in [1.165, 1.54) is 12.3 Å². The first-order valence-corrected chi connectivity index (χ1v) is 6.52. The van der Waals surface area contributed by atoms with Crippen molar-refractivity contribution in [2.75, 3.05) is 6.54 Å². The molecule has 5 heteroatoms. The Labute approximate surface area is 112 Å². The van der Waals surface area contributed by atoms with Gasteiger partial charge in [0, 0.05) is 13.2 Å². The molecule has 19 heavy (non-hydrogen) atoms. The fourth-order valence-electron chi connectivity index (χ4n) is 2.17. The monoisotopic (exact) mass is 262 g/mol. The number of nitrogens with zero attached hydrogens (tertiary/aromatic N) is 3. The maximum atomic E-state index is 13.3. The maximum Gasteiger partial charge on any atom is 0.141 e. The number of nitrogens with one attached hydrogen (secondary N) is 1. The maximum absolute atomic E-state index is 13.3. The van der Waals surface area contributed by atoms with Gasteiger partial charge in [-0.05, 0) is 30.7 Å². The predicted molar refractivity (Wildman–Crippen MR) is 72.3 cm³/mol. The van der Waals surface area contributed by atoms with Gasteiger partial charge in [0.05, 0.1) is 23.6 Å². The van der Waals surface area contributed by atoms with E-state index in [1.54, 1.807) is 6.20 Å². The summed E-state index contributed by atoms with van der Waals surface area (Å²) in [6, 6.07) is 3.47. The molecular formula is C14H19FN4. The van der Waals surface area contributed by atoms with Gasteiger partial charge in [0.15, 0.2) is 0 Å². The van der Waals surface area contributed by atoms with Crippen molar-refractivity contribution in [3.05, 3.63) is 47.3 Å². The van der Waals surface area contributed by atoms with Gasteiger partial charge in [-0.2, -0.15) is 5.10 Å². The van der Waals surface area contributed by atoms with E-state index in [0.717, 1.165) is 29.9 Å². The third-order valence-corrected chi connectivity index (χ3v) is 3.09. The molecule has 1 atom stereocenters. The number of aryl methyl sites for hydroxylation is 2. The summed E-state index contributed by atoms with van der Waals surface area (Å²) in [4.78, 5) is 3.92. The summed E-state index contributed by atoms with van der Waals surface area (Å²) in [5.74, 6) is -0.321. The van der Waals surface area contributed by atoms with E-state index >= 15 is 0 Å². The van der Waals surface area contributed by atoms with Crippen LogP contribution in [0.25, 0.3) is 0 Å². The van der Waals surface area contributed by atoms with Crippen LogP contribution in [-0.2, 0) is 13.5 Å². The second kappa shape index (κ2) is 5.93. The minimum Gasteiger partial charge on any atom is -0.305 e. The molecule has 0 radical (unpaired) electrons. The third kappa shape index (κ3) is 2.98. The van der Waals surface area contributed by atoms with Crippen LogP contribution in [0, 0.1) is 5.82 Å². The average molecular weight is 262 g/mol. The molecule has 2 heterocycles. The van der Waals surface area contributed by atoms with Crippen LogP contribution in [0.5, 0.6) is 0 Å². The van der Waals surface area contributed by atoms with Crippen molar-refractivity contribution < 1.29 is 4.39 Å². The van der Waals surface area contributed by atoms with Crippen molar-refractivity contribution in [2.24, 2.45) is 7.05 Å². The van der Waals surface area contributed by atoms with Crippen molar-refractivity contribution in [1.82, 2.24) is 20.1 Å². The van der Waals surface area contributed by atoms with Crippen molar-refractivity contribution in [1.29, 1.82) is 0 Å². The minimum absolute atomic E-state index is 0.0917. The standard InChI is InChI=1S/C14H19FN4/c1-4-12-7-13(19(3)18-12)14(17-5-2)10-6-11(15)9-16-8-10/h6-9,14,17H,4-5H2,1-3H3. The summed E-state index contributed by atoms with van der Waals surface area (Å²) in [7, 11) is 1.91. The molecular weight excluding hydrogens is 243 g/mol. The molecule has 0 aliphatic carbocycles. The molecule has 0 bridgehead atoms. The van der Waals surface area contributed by atoms with Gasteiger partial charge in [-0.15, -0.1) is 0 Å². The van der Waals surface area contributed by atoms with Crippen LogP contribution < -0.4 is 5.32 Å². The number of hydrogen-bond donors (Lipinski definition) is 1. The topological polar surface area (TPSA) is 42.7 Å². The number of pyridine rings is 1. The molecule has 102 valence electrons. The summed E-state index contributed by atoms with van der Waals surface area (Å²) >= 11 is 0. The molecule has 0 saturated heterocycles. The molecule has 2 rings (SSSR count). The first-order chi connectivity index (χ1) is 9.15. The molecule has 0 amide bonds. The van der Waals surface area contributed by atoms with Crippen LogP contribution in [-0.4, -0.2) is 21.3 Å². The smallest absolute Gasteiger partial charge is 0.141 e. The second-order valence-electron chi connectivity index (χ2n) is 4.46. The largest absolute Gasteiger partial charge is 0.305 e. The van der Waals surface area contributed by atoms with Gasteiger partial charge in [-0.1, -0.05) is 13.8 Å². The molecule has 0 aliphatic rings. The SMILES string of the molecule is CCNC(c1cncc(F)c1)c1cc(CC)nn1C.